The van der Waals surface area contributed by atoms with E-state index in [0.717, 1.165) is 36.0 Å². The predicted molar refractivity (Wildman–Crippen MR) is 163 cm³/mol. The van der Waals surface area contributed by atoms with Gasteiger partial charge in [0.2, 0.25) is 11.8 Å². The van der Waals surface area contributed by atoms with Gasteiger partial charge in [-0.1, -0.05) is 71.8 Å². The molecule has 7 heteroatoms. The number of hydrogen-bond acceptors (Lipinski definition) is 4. The first kappa shape index (κ1) is 30.2. The van der Waals surface area contributed by atoms with Gasteiger partial charge in [0, 0.05) is 24.5 Å². The first-order valence-corrected chi connectivity index (χ1v) is 14.6. The zero-order valence-electron chi connectivity index (χ0n) is 23.9. The molecule has 0 unspecified atom stereocenters. The molecule has 3 aromatic rings. The van der Waals surface area contributed by atoms with Crippen LogP contribution in [-0.2, 0) is 29.0 Å². The summed E-state index contributed by atoms with van der Waals surface area (Å²) in [4.78, 5) is 29.6. The zero-order chi connectivity index (χ0) is 29.0. The Labute approximate surface area is 248 Å². The van der Waals surface area contributed by atoms with Crippen molar-refractivity contribution in [3.05, 3.63) is 106 Å². The van der Waals surface area contributed by atoms with Gasteiger partial charge in [0.1, 0.15) is 6.04 Å². The first-order chi connectivity index (χ1) is 20.0. The average Bonchev–Trinajstić information content (AvgIpc) is 3.00. The number of halogens is 1. The number of ether oxygens (including phenoxy) is 2. The Morgan fingerprint density at radius 3 is 2.32 bits per heavy atom. The monoisotopic (exact) mass is 574 g/mol. The third-order valence-electron chi connectivity index (χ3n) is 7.47. The van der Waals surface area contributed by atoms with E-state index >= 15 is 0 Å². The lowest BCUT2D eigenvalue weighted by atomic mass is 9.97. The van der Waals surface area contributed by atoms with Crippen molar-refractivity contribution in [2.45, 2.75) is 57.5 Å². The largest absolute Gasteiger partial charge is 0.493 e. The highest BCUT2D eigenvalue weighted by molar-refractivity contribution is 6.30. The molecule has 0 radical (unpaired) electrons. The second-order valence-corrected chi connectivity index (χ2v) is 10.8. The number of hydrogen-bond donors (Lipinski definition) is 1. The van der Waals surface area contributed by atoms with Crippen LogP contribution in [-0.4, -0.2) is 43.5 Å². The summed E-state index contributed by atoms with van der Waals surface area (Å²) in [6.45, 7) is 0.827. The maximum absolute atomic E-state index is 14.0. The topological polar surface area (TPSA) is 67.9 Å². The van der Waals surface area contributed by atoms with Crippen molar-refractivity contribution in [2.75, 3.05) is 20.8 Å². The Balaban J connectivity index is 1.61. The molecule has 216 valence electrons. The highest BCUT2D eigenvalue weighted by Gasteiger charge is 2.30. The summed E-state index contributed by atoms with van der Waals surface area (Å²) < 4.78 is 10.8. The first-order valence-electron chi connectivity index (χ1n) is 14.2. The van der Waals surface area contributed by atoms with Gasteiger partial charge in [-0.3, -0.25) is 9.59 Å². The van der Waals surface area contributed by atoms with Gasteiger partial charge < -0.3 is 19.7 Å². The minimum Gasteiger partial charge on any atom is -0.493 e. The summed E-state index contributed by atoms with van der Waals surface area (Å²) in [6, 6.07) is 22.0. The molecule has 3 aromatic carbocycles. The number of carbonyl (C=O) groups excluding carboxylic acids is 2. The summed E-state index contributed by atoms with van der Waals surface area (Å²) in [5.74, 6) is 0.840. The Hall–Kier alpha value is -3.77. The van der Waals surface area contributed by atoms with Crippen LogP contribution in [0.1, 0.15) is 48.8 Å². The van der Waals surface area contributed by atoms with Crippen LogP contribution in [0.4, 0.5) is 0 Å². The fourth-order valence-corrected chi connectivity index (χ4v) is 5.33. The number of benzene rings is 3. The van der Waals surface area contributed by atoms with E-state index in [0.29, 0.717) is 29.5 Å². The Kier molecular flexibility index (Phi) is 11.3. The van der Waals surface area contributed by atoms with Crippen molar-refractivity contribution in [2.24, 2.45) is 0 Å². The molecule has 6 nitrogen and oxygen atoms in total. The molecule has 0 aliphatic heterocycles. The normalized spacial score (nSPS) is 13.6. The van der Waals surface area contributed by atoms with Crippen molar-refractivity contribution >= 4 is 23.4 Å². The average molecular weight is 575 g/mol. The minimum absolute atomic E-state index is 0.111. The number of rotatable bonds is 13. The number of allylic oxidation sites excluding steroid dienone is 1. The lowest BCUT2D eigenvalue weighted by molar-refractivity contribution is -0.140. The van der Waals surface area contributed by atoms with Crippen LogP contribution < -0.4 is 14.8 Å². The fraction of sp³-hybridized carbons (Fsp3) is 0.353. The summed E-state index contributed by atoms with van der Waals surface area (Å²) >= 11 is 6.14. The number of carbonyl (C=O) groups is 2. The van der Waals surface area contributed by atoms with Crippen molar-refractivity contribution in [1.29, 1.82) is 0 Å². The molecule has 4 rings (SSSR count). The van der Waals surface area contributed by atoms with Gasteiger partial charge in [0.15, 0.2) is 11.5 Å². The highest BCUT2D eigenvalue weighted by atomic mass is 35.5. The second-order valence-electron chi connectivity index (χ2n) is 10.4. The molecule has 0 heterocycles. The third-order valence-corrected chi connectivity index (χ3v) is 7.72. The van der Waals surface area contributed by atoms with Crippen LogP contribution in [0.5, 0.6) is 11.5 Å². The zero-order valence-corrected chi connectivity index (χ0v) is 24.7. The molecule has 0 saturated carbocycles. The molecular weight excluding hydrogens is 536 g/mol. The van der Waals surface area contributed by atoms with Crippen LogP contribution in [0, 0.1) is 0 Å². The summed E-state index contributed by atoms with van der Waals surface area (Å²) in [5.41, 5.74) is 4.06. The van der Waals surface area contributed by atoms with Gasteiger partial charge in [-0.25, -0.2) is 0 Å². The molecular formula is C34H39ClN2O4. The van der Waals surface area contributed by atoms with Gasteiger partial charge in [-0.2, -0.15) is 0 Å². The maximum atomic E-state index is 14.0. The maximum Gasteiger partial charge on any atom is 0.243 e. The molecule has 0 bridgehead atoms. The van der Waals surface area contributed by atoms with E-state index in [-0.39, 0.29) is 24.8 Å². The number of amides is 2. The number of nitrogens with zero attached hydrogens (tertiary/aromatic N) is 1. The Bertz CT molecular complexity index is 1320. The van der Waals surface area contributed by atoms with Gasteiger partial charge in [-0.05, 0) is 73.1 Å². The molecule has 1 atom stereocenters. The summed E-state index contributed by atoms with van der Waals surface area (Å²) in [7, 11) is 3.15. The van der Waals surface area contributed by atoms with Crippen molar-refractivity contribution in [3.63, 3.8) is 0 Å². The molecule has 41 heavy (non-hydrogen) atoms. The molecule has 1 N–H and O–H groups in total. The van der Waals surface area contributed by atoms with Crippen LogP contribution >= 0.6 is 11.6 Å². The van der Waals surface area contributed by atoms with Crippen LogP contribution in [0.25, 0.3) is 0 Å². The lowest BCUT2D eigenvalue weighted by Gasteiger charge is -2.32. The third kappa shape index (κ3) is 8.86. The van der Waals surface area contributed by atoms with E-state index < -0.39 is 6.04 Å². The minimum atomic E-state index is -0.693. The quantitative estimate of drug-likeness (QED) is 0.235. The molecule has 0 spiro atoms. The Morgan fingerprint density at radius 2 is 1.63 bits per heavy atom. The van der Waals surface area contributed by atoms with Crippen LogP contribution in [0.3, 0.4) is 0 Å². The SMILES string of the molecule is COc1ccc(CC(=O)N(Cc2ccc(Cl)cc2)[C@@H](Cc2ccccc2)C(=O)NCCC2=CCCCC2)cc1OC. The summed E-state index contributed by atoms with van der Waals surface area (Å²) in [5, 5.41) is 3.76. The summed E-state index contributed by atoms with van der Waals surface area (Å²) in [6.07, 6.45) is 8.29. The van der Waals surface area contributed by atoms with E-state index in [2.05, 4.69) is 11.4 Å². The van der Waals surface area contributed by atoms with E-state index in [1.165, 1.54) is 18.4 Å². The van der Waals surface area contributed by atoms with E-state index in [9.17, 15) is 9.59 Å². The molecule has 2 amide bonds. The molecule has 0 aromatic heterocycles. The predicted octanol–water partition coefficient (Wildman–Crippen LogP) is 6.55. The molecule has 0 fully saturated rings. The van der Waals surface area contributed by atoms with Crippen LogP contribution in [0.15, 0.2) is 84.4 Å². The molecule has 0 saturated heterocycles. The van der Waals surface area contributed by atoms with Crippen molar-refractivity contribution in [3.8, 4) is 11.5 Å². The van der Waals surface area contributed by atoms with E-state index in [4.69, 9.17) is 21.1 Å². The molecule has 1 aliphatic rings. The van der Waals surface area contributed by atoms with Gasteiger partial charge >= 0.3 is 0 Å². The van der Waals surface area contributed by atoms with Gasteiger partial charge in [-0.15, -0.1) is 0 Å². The lowest BCUT2D eigenvalue weighted by Crippen LogP contribution is -2.51. The highest BCUT2D eigenvalue weighted by Crippen LogP contribution is 2.28. The van der Waals surface area contributed by atoms with Crippen molar-refractivity contribution < 1.29 is 19.1 Å². The van der Waals surface area contributed by atoms with E-state index in [1.807, 2.05) is 48.5 Å². The van der Waals surface area contributed by atoms with E-state index in [1.54, 1.807) is 43.4 Å². The Morgan fingerprint density at radius 1 is 0.902 bits per heavy atom. The number of methoxy groups -OCH3 is 2. The fourth-order valence-electron chi connectivity index (χ4n) is 5.20. The van der Waals surface area contributed by atoms with Gasteiger partial charge in [0.05, 0.1) is 20.6 Å². The van der Waals surface area contributed by atoms with Crippen molar-refractivity contribution in [1.82, 2.24) is 10.2 Å². The molecule has 1 aliphatic carbocycles. The number of nitrogens with one attached hydrogen (secondary N) is 1. The van der Waals surface area contributed by atoms with Crippen LogP contribution in [0.2, 0.25) is 5.02 Å². The second kappa shape index (κ2) is 15.3. The van der Waals surface area contributed by atoms with Gasteiger partial charge in [0.25, 0.3) is 0 Å². The standard InChI is InChI=1S/C34H39ClN2O4/c1-40-31-18-15-28(22-32(31)41-2)23-33(38)37(24-27-13-16-29(35)17-14-27)30(21-26-11-7-4-8-12-26)34(39)36-20-19-25-9-5-3-6-10-25/h4,7-9,11-18,22,30H,3,5-6,10,19-21,23-24H2,1-2H3,(H,36,39)/t30-/m0/s1. The smallest absolute Gasteiger partial charge is 0.243 e.